The number of sulfone groups is 1. The Morgan fingerprint density at radius 1 is 1.16 bits per heavy atom. The first-order valence-electron chi connectivity index (χ1n) is 12.6. The standard InChI is InChI=1S/C25H21Cl2F3N6O6S/c26-16-4-2-5-17(20(16)27)43(39,40)15-7-10-24(11-8-15,21-35-36(23(38)41-21)42-22(37)25(28,29)30)13-14-3-1-6-18(32-14)33-19-9-12-31-34-19/h1-6,9,12,15H,7-8,10-11,13H2,(H2,31,32,33,34). The third-order valence-electron chi connectivity index (χ3n) is 7.02. The molecule has 1 aromatic carbocycles. The van der Waals surface area contributed by atoms with Crippen LogP contribution in [0.5, 0.6) is 0 Å². The third kappa shape index (κ3) is 6.40. The topological polar surface area (TPSA) is 162 Å². The van der Waals surface area contributed by atoms with E-state index in [1.54, 1.807) is 24.3 Å². The van der Waals surface area contributed by atoms with Gasteiger partial charge in [-0.25, -0.2) is 23.0 Å². The van der Waals surface area contributed by atoms with Crippen molar-refractivity contribution in [1.82, 2.24) is 25.1 Å². The number of rotatable bonds is 8. The molecule has 0 radical (unpaired) electrons. The lowest BCUT2D eigenvalue weighted by Gasteiger charge is -2.37. The van der Waals surface area contributed by atoms with Crippen molar-refractivity contribution in [3.63, 3.8) is 0 Å². The minimum absolute atomic E-state index is 0.0379. The van der Waals surface area contributed by atoms with E-state index in [1.165, 1.54) is 24.4 Å². The molecule has 18 heteroatoms. The van der Waals surface area contributed by atoms with E-state index in [4.69, 9.17) is 27.6 Å². The van der Waals surface area contributed by atoms with Gasteiger partial charge in [0.05, 0.1) is 31.8 Å². The molecule has 0 saturated heterocycles. The first-order chi connectivity index (χ1) is 20.3. The number of aromatic amines is 1. The summed E-state index contributed by atoms with van der Waals surface area (Å²) in [6.07, 6.45) is -3.62. The minimum Gasteiger partial charge on any atom is -0.389 e. The van der Waals surface area contributed by atoms with E-state index in [1.807, 2.05) is 0 Å². The molecule has 4 aromatic rings. The highest BCUT2D eigenvalue weighted by Gasteiger charge is 2.47. The Kier molecular flexibility index (Phi) is 8.28. The summed E-state index contributed by atoms with van der Waals surface area (Å²) in [6.45, 7) is 0. The number of carbonyl (C=O) groups excluding carboxylic acids is 1. The van der Waals surface area contributed by atoms with Gasteiger partial charge < -0.3 is 14.6 Å². The molecule has 0 bridgehead atoms. The van der Waals surface area contributed by atoms with Gasteiger partial charge in [-0.1, -0.05) is 40.4 Å². The molecule has 3 heterocycles. The number of nitrogens with zero attached hydrogens (tertiary/aromatic N) is 4. The van der Waals surface area contributed by atoms with Crippen molar-refractivity contribution in [2.45, 2.75) is 53.8 Å². The molecule has 5 rings (SSSR count). The molecular weight excluding hydrogens is 640 g/mol. The molecule has 0 atom stereocenters. The number of benzene rings is 1. The minimum atomic E-state index is -5.39. The van der Waals surface area contributed by atoms with Crippen LogP contribution in [0.4, 0.5) is 24.8 Å². The maximum Gasteiger partial charge on any atom is 0.493 e. The smallest absolute Gasteiger partial charge is 0.389 e. The van der Waals surface area contributed by atoms with Gasteiger partial charge in [0, 0.05) is 18.2 Å². The van der Waals surface area contributed by atoms with Crippen LogP contribution >= 0.6 is 23.2 Å². The number of anilines is 2. The zero-order chi connectivity index (χ0) is 31.0. The van der Waals surface area contributed by atoms with E-state index in [0.717, 1.165) is 0 Å². The van der Waals surface area contributed by atoms with Crippen molar-refractivity contribution in [2.24, 2.45) is 0 Å². The van der Waals surface area contributed by atoms with Crippen molar-refractivity contribution >= 4 is 50.6 Å². The summed E-state index contributed by atoms with van der Waals surface area (Å²) >= 11 is 12.2. The highest BCUT2D eigenvalue weighted by Crippen LogP contribution is 2.44. The lowest BCUT2D eigenvalue weighted by Crippen LogP contribution is -2.40. The summed E-state index contributed by atoms with van der Waals surface area (Å²) < 4.78 is 70.5. The molecule has 43 heavy (non-hydrogen) atoms. The lowest BCUT2D eigenvalue weighted by molar-refractivity contribution is -0.202. The van der Waals surface area contributed by atoms with Crippen molar-refractivity contribution in [2.75, 3.05) is 5.32 Å². The van der Waals surface area contributed by atoms with E-state index < -0.39 is 38.4 Å². The molecule has 0 spiro atoms. The van der Waals surface area contributed by atoms with E-state index in [2.05, 4.69) is 30.4 Å². The first kappa shape index (κ1) is 30.6. The molecule has 1 aliphatic rings. The number of H-pyrrole nitrogens is 1. The van der Waals surface area contributed by atoms with Crippen molar-refractivity contribution in [3.05, 3.63) is 80.8 Å². The number of hydrogen-bond donors (Lipinski definition) is 2. The Morgan fingerprint density at radius 3 is 2.56 bits per heavy atom. The van der Waals surface area contributed by atoms with Crippen molar-refractivity contribution in [3.8, 4) is 0 Å². The van der Waals surface area contributed by atoms with Gasteiger partial charge in [0.25, 0.3) is 0 Å². The molecule has 0 unspecified atom stereocenters. The van der Waals surface area contributed by atoms with Crippen LogP contribution in [-0.4, -0.2) is 50.9 Å². The van der Waals surface area contributed by atoms with Gasteiger partial charge in [0.15, 0.2) is 9.84 Å². The number of hydrogen-bond acceptors (Lipinski definition) is 10. The predicted molar refractivity (Wildman–Crippen MR) is 146 cm³/mol. The zero-order valence-corrected chi connectivity index (χ0v) is 24.1. The quantitative estimate of drug-likeness (QED) is 0.277. The molecule has 12 nitrogen and oxygen atoms in total. The Labute approximate surface area is 251 Å². The van der Waals surface area contributed by atoms with Crippen molar-refractivity contribution < 1.29 is 35.6 Å². The highest BCUT2D eigenvalue weighted by molar-refractivity contribution is 7.92. The molecule has 0 aliphatic heterocycles. The Hall–Kier alpha value is -3.89. The lowest BCUT2D eigenvalue weighted by atomic mass is 9.70. The van der Waals surface area contributed by atoms with Gasteiger partial charge in [0.1, 0.15) is 11.6 Å². The highest BCUT2D eigenvalue weighted by atomic mass is 35.5. The summed E-state index contributed by atoms with van der Waals surface area (Å²) in [5, 5.41) is 12.4. The van der Waals surface area contributed by atoms with Crippen LogP contribution in [-0.2, 0) is 26.5 Å². The second kappa shape index (κ2) is 11.7. The third-order valence-corrected chi connectivity index (χ3v) is 10.3. The number of pyridine rings is 1. The Bertz CT molecular complexity index is 1800. The fourth-order valence-electron chi connectivity index (χ4n) is 4.93. The van der Waals surface area contributed by atoms with E-state index in [9.17, 15) is 31.2 Å². The second-order valence-corrected chi connectivity index (χ2v) is 12.8. The van der Waals surface area contributed by atoms with Crippen LogP contribution < -0.4 is 15.9 Å². The van der Waals surface area contributed by atoms with Crippen LogP contribution in [0.1, 0.15) is 37.3 Å². The Balaban J connectivity index is 1.47. The van der Waals surface area contributed by atoms with Crippen LogP contribution in [0, 0.1) is 0 Å². The largest absolute Gasteiger partial charge is 0.493 e. The fraction of sp³-hybridized carbons (Fsp3) is 0.320. The fourth-order valence-corrected chi connectivity index (χ4v) is 7.45. The van der Waals surface area contributed by atoms with Crippen LogP contribution in [0.15, 0.2) is 62.8 Å². The summed E-state index contributed by atoms with van der Waals surface area (Å²) in [5.41, 5.74) is -0.744. The maximum atomic E-state index is 13.5. The van der Waals surface area contributed by atoms with E-state index in [0.29, 0.717) is 17.3 Å². The molecule has 2 N–H and O–H groups in total. The van der Waals surface area contributed by atoms with Gasteiger partial charge in [-0.3, -0.25) is 5.10 Å². The summed E-state index contributed by atoms with van der Waals surface area (Å²) in [5.74, 6) is -3.49. The average molecular weight is 661 g/mol. The van der Waals surface area contributed by atoms with Gasteiger partial charge in [-0.15, -0.1) is 0 Å². The molecular formula is C25H21Cl2F3N6O6S. The van der Waals surface area contributed by atoms with Crippen LogP contribution in [0.3, 0.4) is 0 Å². The normalized spacial score (nSPS) is 19.2. The molecule has 1 fully saturated rings. The summed E-state index contributed by atoms with van der Waals surface area (Å²) in [7, 11) is -3.96. The monoisotopic (exact) mass is 660 g/mol. The second-order valence-electron chi connectivity index (χ2n) is 9.79. The summed E-state index contributed by atoms with van der Waals surface area (Å²) in [4.78, 5) is 32.1. The number of carbonyl (C=O) groups is 1. The number of nitrogens with one attached hydrogen (secondary N) is 2. The van der Waals surface area contributed by atoms with Crippen LogP contribution in [0.2, 0.25) is 10.0 Å². The Morgan fingerprint density at radius 2 is 1.88 bits per heavy atom. The van der Waals surface area contributed by atoms with Crippen molar-refractivity contribution in [1.29, 1.82) is 0 Å². The number of halogens is 5. The SMILES string of the molecule is O=C(On1nc(C2(Cc3cccc(Nc4ccn[nH]4)n3)CCC(S(=O)(=O)c3cccc(Cl)c3Cl)CC2)oc1=O)C(F)(F)F. The van der Waals surface area contributed by atoms with Crippen LogP contribution in [0.25, 0.3) is 0 Å². The predicted octanol–water partition coefficient (Wildman–Crippen LogP) is 4.42. The molecule has 1 aliphatic carbocycles. The van der Waals surface area contributed by atoms with E-state index in [-0.39, 0.29) is 57.8 Å². The van der Waals surface area contributed by atoms with E-state index >= 15 is 0 Å². The maximum absolute atomic E-state index is 13.5. The molecule has 3 aromatic heterocycles. The first-order valence-corrected chi connectivity index (χ1v) is 14.9. The van der Waals surface area contributed by atoms with Gasteiger partial charge in [0.2, 0.25) is 5.89 Å². The average Bonchev–Trinajstić information content (AvgIpc) is 3.60. The van der Waals surface area contributed by atoms with Gasteiger partial charge in [-0.05, 0) is 54.8 Å². The molecule has 0 amide bonds. The summed E-state index contributed by atoms with van der Waals surface area (Å²) in [6, 6.07) is 11.0. The molecule has 1 saturated carbocycles. The van der Waals surface area contributed by atoms with Gasteiger partial charge >= 0.3 is 17.9 Å². The van der Waals surface area contributed by atoms with Gasteiger partial charge in [-0.2, -0.15) is 18.3 Å². The molecule has 228 valence electrons. The number of aromatic nitrogens is 5. The zero-order valence-electron chi connectivity index (χ0n) is 21.8. The number of alkyl halides is 3.